The summed E-state index contributed by atoms with van der Waals surface area (Å²) < 4.78 is 0. The quantitative estimate of drug-likeness (QED) is 0.777. The summed E-state index contributed by atoms with van der Waals surface area (Å²) in [6.07, 6.45) is 9.58. The fraction of sp³-hybridized carbons (Fsp3) is 0.263. The zero-order valence-electron chi connectivity index (χ0n) is 13.6. The molecule has 0 saturated heterocycles. The third kappa shape index (κ3) is 3.25. The van der Waals surface area contributed by atoms with Gasteiger partial charge in [0.1, 0.15) is 6.33 Å². The average Bonchev–Trinajstić information content (AvgIpc) is 3.46. The summed E-state index contributed by atoms with van der Waals surface area (Å²) in [5, 5.41) is 3.35. The molecule has 1 N–H and O–H groups in total. The van der Waals surface area contributed by atoms with Gasteiger partial charge in [-0.1, -0.05) is 29.8 Å². The Hall–Kier alpha value is -2.82. The van der Waals surface area contributed by atoms with E-state index in [0.29, 0.717) is 5.95 Å². The van der Waals surface area contributed by atoms with Crippen molar-refractivity contribution in [1.82, 2.24) is 19.9 Å². The van der Waals surface area contributed by atoms with Gasteiger partial charge in [-0.05, 0) is 25.7 Å². The van der Waals surface area contributed by atoms with Gasteiger partial charge in [-0.25, -0.2) is 19.9 Å². The van der Waals surface area contributed by atoms with E-state index in [2.05, 4.69) is 51.5 Å². The summed E-state index contributed by atoms with van der Waals surface area (Å²) in [4.78, 5) is 17.5. The van der Waals surface area contributed by atoms with Crippen molar-refractivity contribution in [3.05, 3.63) is 54.7 Å². The predicted octanol–water partition coefficient (Wildman–Crippen LogP) is 3.73. The van der Waals surface area contributed by atoms with E-state index >= 15 is 0 Å². The van der Waals surface area contributed by atoms with Crippen LogP contribution in [-0.4, -0.2) is 26.5 Å². The van der Waals surface area contributed by atoms with Gasteiger partial charge in [0.25, 0.3) is 0 Å². The number of rotatable bonds is 5. The molecule has 0 bridgehead atoms. The number of nitrogens with zero attached hydrogens (tertiary/aromatic N) is 4. The molecule has 0 radical (unpaired) electrons. The van der Waals surface area contributed by atoms with Crippen molar-refractivity contribution in [3.8, 4) is 22.4 Å². The Kier molecular flexibility index (Phi) is 3.91. The second kappa shape index (κ2) is 6.35. The van der Waals surface area contributed by atoms with Gasteiger partial charge in [-0.15, -0.1) is 0 Å². The van der Waals surface area contributed by atoms with Crippen LogP contribution in [0.25, 0.3) is 22.4 Å². The highest BCUT2D eigenvalue weighted by Crippen LogP contribution is 2.31. The van der Waals surface area contributed by atoms with E-state index in [1.807, 2.05) is 6.20 Å². The molecule has 0 unspecified atom stereocenters. The summed E-state index contributed by atoms with van der Waals surface area (Å²) in [6.45, 7) is 3.03. The maximum Gasteiger partial charge on any atom is 0.223 e. The number of anilines is 1. The first-order valence-corrected chi connectivity index (χ1v) is 8.23. The lowest BCUT2D eigenvalue weighted by Crippen LogP contribution is -2.07. The van der Waals surface area contributed by atoms with Crippen molar-refractivity contribution in [2.24, 2.45) is 5.92 Å². The molecule has 0 amide bonds. The molecule has 0 aliphatic heterocycles. The summed E-state index contributed by atoms with van der Waals surface area (Å²) in [6, 6.07) is 8.38. The Balaban J connectivity index is 1.75. The highest BCUT2D eigenvalue weighted by atomic mass is 15.1. The number of hydrogen-bond acceptors (Lipinski definition) is 5. The van der Waals surface area contributed by atoms with Crippen LogP contribution in [0.2, 0.25) is 0 Å². The minimum atomic E-state index is 0.679. The van der Waals surface area contributed by atoms with E-state index in [-0.39, 0.29) is 0 Å². The third-order valence-electron chi connectivity index (χ3n) is 4.23. The first kappa shape index (κ1) is 14.8. The lowest BCUT2D eigenvalue weighted by atomic mass is 10.0. The molecule has 0 spiro atoms. The van der Waals surface area contributed by atoms with Crippen LogP contribution in [0, 0.1) is 12.8 Å². The number of benzene rings is 1. The average molecular weight is 317 g/mol. The molecular weight excluding hydrogens is 298 g/mol. The molecule has 3 aromatic rings. The Morgan fingerprint density at radius 3 is 2.46 bits per heavy atom. The lowest BCUT2D eigenvalue weighted by Gasteiger charge is -2.11. The fourth-order valence-electron chi connectivity index (χ4n) is 2.61. The molecule has 5 nitrogen and oxygen atoms in total. The maximum atomic E-state index is 4.77. The molecule has 2 heterocycles. The molecule has 1 aliphatic rings. The van der Waals surface area contributed by atoms with Crippen molar-refractivity contribution < 1.29 is 0 Å². The molecular formula is C19H19N5. The first-order chi connectivity index (χ1) is 11.8. The highest BCUT2D eigenvalue weighted by Gasteiger charge is 2.21. The molecule has 1 fully saturated rings. The van der Waals surface area contributed by atoms with Crippen molar-refractivity contribution in [3.63, 3.8) is 0 Å². The monoisotopic (exact) mass is 317 g/mol. The Bertz CT molecular complexity index is 826. The fourth-order valence-corrected chi connectivity index (χ4v) is 2.61. The highest BCUT2D eigenvalue weighted by molar-refractivity contribution is 5.80. The van der Waals surface area contributed by atoms with Gasteiger partial charge in [-0.2, -0.15) is 0 Å². The van der Waals surface area contributed by atoms with Gasteiger partial charge in [0.05, 0.1) is 5.69 Å². The van der Waals surface area contributed by atoms with Crippen LogP contribution in [0.3, 0.4) is 0 Å². The first-order valence-electron chi connectivity index (χ1n) is 8.23. The Morgan fingerprint density at radius 2 is 1.75 bits per heavy atom. The van der Waals surface area contributed by atoms with Crippen molar-refractivity contribution in [2.45, 2.75) is 19.8 Å². The molecule has 1 aliphatic carbocycles. The molecule has 4 rings (SSSR count). The zero-order valence-corrected chi connectivity index (χ0v) is 13.6. The van der Waals surface area contributed by atoms with Crippen molar-refractivity contribution in [1.29, 1.82) is 0 Å². The standard InChI is InChI=1S/C19H19N5/c1-13-2-6-15(7-3-13)18-17(16-9-20-12-21-10-16)11-23-19(24-18)22-8-14-4-5-14/h2-3,6-7,9-12,14H,4-5,8H2,1H3,(H,22,23,24). The second-order valence-corrected chi connectivity index (χ2v) is 6.27. The van der Waals surface area contributed by atoms with Crippen LogP contribution in [-0.2, 0) is 0 Å². The molecule has 0 atom stereocenters. The van der Waals surface area contributed by atoms with Crippen molar-refractivity contribution >= 4 is 5.95 Å². The maximum absolute atomic E-state index is 4.77. The molecule has 1 aromatic carbocycles. The SMILES string of the molecule is Cc1ccc(-c2nc(NCC3CC3)ncc2-c2cncnc2)cc1. The summed E-state index contributed by atoms with van der Waals surface area (Å²) in [5.41, 5.74) is 5.05. The largest absolute Gasteiger partial charge is 0.354 e. The van der Waals surface area contributed by atoms with Crippen LogP contribution < -0.4 is 5.32 Å². The van der Waals surface area contributed by atoms with E-state index in [9.17, 15) is 0 Å². The molecule has 2 aromatic heterocycles. The van der Waals surface area contributed by atoms with E-state index in [1.165, 1.54) is 24.7 Å². The number of aryl methyl sites for hydroxylation is 1. The van der Waals surface area contributed by atoms with E-state index < -0.39 is 0 Å². The van der Waals surface area contributed by atoms with Crippen LogP contribution in [0.15, 0.2) is 49.2 Å². The van der Waals surface area contributed by atoms with Crippen LogP contribution >= 0.6 is 0 Å². The molecule has 5 heteroatoms. The summed E-state index contributed by atoms with van der Waals surface area (Å²) >= 11 is 0. The Morgan fingerprint density at radius 1 is 1.00 bits per heavy atom. The second-order valence-electron chi connectivity index (χ2n) is 6.27. The van der Waals surface area contributed by atoms with Gasteiger partial charge in [0.2, 0.25) is 5.95 Å². The number of aromatic nitrogens is 4. The topological polar surface area (TPSA) is 63.6 Å². The molecule has 24 heavy (non-hydrogen) atoms. The van der Waals surface area contributed by atoms with Crippen molar-refractivity contribution in [2.75, 3.05) is 11.9 Å². The van der Waals surface area contributed by atoms with Crippen LogP contribution in [0.5, 0.6) is 0 Å². The molecule has 120 valence electrons. The summed E-state index contributed by atoms with van der Waals surface area (Å²) in [5.74, 6) is 1.46. The van der Waals surface area contributed by atoms with Gasteiger partial charge >= 0.3 is 0 Å². The molecule has 1 saturated carbocycles. The minimum Gasteiger partial charge on any atom is -0.354 e. The van der Waals surface area contributed by atoms with E-state index in [0.717, 1.165) is 34.8 Å². The van der Waals surface area contributed by atoms with Gasteiger partial charge in [-0.3, -0.25) is 0 Å². The van der Waals surface area contributed by atoms with E-state index in [4.69, 9.17) is 4.98 Å². The van der Waals surface area contributed by atoms with Gasteiger partial charge in [0, 0.05) is 41.8 Å². The van der Waals surface area contributed by atoms with Gasteiger partial charge in [0.15, 0.2) is 0 Å². The Labute approximate surface area is 141 Å². The lowest BCUT2D eigenvalue weighted by molar-refractivity contribution is 0.874. The van der Waals surface area contributed by atoms with Gasteiger partial charge < -0.3 is 5.32 Å². The normalized spacial score (nSPS) is 13.7. The number of hydrogen-bond donors (Lipinski definition) is 1. The third-order valence-corrected chi connectivity index (χ3v) is 4.23. The zero-order chi connectivity index (χ0) is 16.4. The minimum absolute atomic E-state index is 0.679. The predicted molar refractivity (Wildman–Crippen MR) is 94.4 cm³/mol. The van der Waals surface area contributed by atoms with E-state index in [1.54, 1.807) is 12.4 Å². The van der Waals surface area contributed by atoms with Crippen LogP contribution in [0.4, 0.5) is 5.95 Å². The summed E-state index contributed by atoms with van der Waals surface area (Å²) in [7, 11) is 0. The number of nitrogens with one attached hydrogen (secondary N) is 1. The smallest absolute Gasteiger partial charge is 0.223 e. The van der Waals surface area contributed by atoms with Crippen LogP contribution in [0.1, 0.15) is 18.4 Å².